The molecule has 0 aromatic heterocycles. The fourth-order valence-corrected chi connectivity index (χ4v) is 2.80. The lowest BCUT2D eigenvalue weighted by Gasteiger charge is -2.33. The summed E-state index contributed by atoms with van der Waals surface area (Å²) in [4.78, 5) is 14.2. The van der Waals surface area contributed by atoms with Crippen molar-refractivity contribution in [3.05, 3.63) is 27.7 Å². The highest BCUT2D eigenvalue weighted by molar-refractivity contribution is 9.10. The molecule has 20 heavy (non-hydrogen) atoms. The number of halogens is 3. The Morgan fingerprint density at radius 3 is 3.00 bits per heavy atom. The molecule has 0 saturated carbocycles. The summed E-state index contributed by atoms with van der Waals surface area (Å²) in [7, 11) is 0. The molecule has 112 valence electrons. The lowest BCUT2D eigenvalue weighted by atomic mass is 10.2. The Balaban J connectivity index is 0.00000200. The third-order valence-corrected chi connectivity index (χ3v) is 4.00. The Labute approximate surface area is 138 Å². The van der Waals surface area contributed by atoms with E-state index in [1.54, 1.807) is 12.1 Å². The quantitative estimate of drug-likeness (QED) is 0.844. The molecule has 0 spiro atoms. The predicted molar refractivity (Wildman–Crippen MR) is 88.9 cm³/mol. The van der Waals surface area contributed by atoms with Gasteiger partial charge in [-0.3, -0.25) is 9.69 Å². The second kappa shape index (κ2) is 8.20. The first-order valence-electron chi connectivity index (χ1n) is 6.26. The van der Waals surface area contributed by atoms with Gasteiger partial charge in [-0.15, -0.1) is 12.4 Å². The highest BCUT2D eigenvalue weighted by atomic mass is 79.9. The lowest BCUT2D eigenvalue weighted by Crippen LogP contribution is -2.51. The van der Waals surface area contributed by atoms with Gasteiger partial charge in [-0.1, -0.05) is 27.5 Å². The van der Waals surface area contributed by atoms with Crippen molar-refractivity contribution >= 4 is 51.5 Å². The second-order valence-corrected chi connectivity index (χ2v) is 6.02. The predicted octanol–water partition coefficient (Wildman–Crippen LogP) is 2.76. The van der Waals surface area contributed by atoms with Gasteiger partial charge in [0.2, 0.25) is 5.91 Å². The summed E-state index contributed by atoms with van der Waals surface area (Å²) in [6.07, 6.45) is 0. The van der Waals surface area contributed by atoms with E-state index < -0.39 is 0 Å². The first-order valence-corrected chi connectivity index (χ1v) is 7.43. The molecule has 7 heteroatoms. The molecule has 0 radical (unpaired) electrons. The summed E-state index contributed by atoms with van der Waals surface area (Å²) in [5, 5.41) is 6.69. The highest BCUT2D eigenvalue weighted by Gasteiger charge is 2.20. The minimum atomic E-state index is -0.0297. The third-order valence-electron chi connectivity index (χ3n) is 3.19. The number of carbonyl (C=O) groups excluding carboxylic acids is 1. The molecule has 1 aliphatic rings. The summed E-state index contributed by atoms with van der Waals surface area (Å²) in [5.74, 6) is -0.0297. The molecule has 0 bridgehead atoms. The summed E-state index contributed by atoms with van der Waals surface area (Å²) in [6, 6.07) is 5.80. The molecule has 2 rings (SSSR count). The van der Waals surface area contributed by atoms with Crippen molar-refractivity contribution < 1.29 is 4.79 Å². The maximum absolute atomic E-state index is 12.0. The monoisotopic (exact) mass is 381 g/mol. The number of benzene rings is 1. The van der Waals surface area contributed by atoms with Gasteiger partial charge >= 0.3 is 0 Å². The summed E-state index contributed by atoms with van der Waals surface area (Å²) in [5.41, 5.74) is 0.651. The van der Waals surface area contributed by atoms with E-state index >= 15 is 0 Å². The normalized spacial score (nSPS) is 19.2. The smallest absolute Gasteiger partial charge is 0.238 e. The van der Waals surface area contributed by atoms with E-state index in [4.69, 9.17) is 11.6 Å². The van der Waals surface area contributed by atoms with E-state index in [0.717, 1.165) is 24.1 Å². The molecule has 1 amide bonds. The van der Waals surface area contributed by atoms with Crippen LogP contribution in [0.25, 0.3) is 0 Å². The van der Waals surface area contributed by atoms with E-state index in [-0.39, 0.29) is 18.3 Å². The number of nitrogens with one attached hydrogen (secondary N) is 2. The largest absolute Gasteiger partial charge is 0.324 e. The van der Waals surface area contributed by atoms with Crippen LogP contribution in [0, 0.1) is 0 Å². The fourth-order valence-electron chi connectivity index (χ4n) is 2.08. The Bertz CT molecular complexity index is 473. The van der Waals surface area contributed by atoms with Crippen LogP contribution in [0.15, 0.2) is 22.7 Å². The first-order chi connectivity index (χ1) is 9.06. The zero-order chi connectivity index (χ0) is 13.8. The molecule has 2 N–H and O–H groups in total. The van der Waals surface area contributed by atoms with Gasteiger partial charge in [0.25, 0.3) is 0 Å². The van der Waals surface area contributed by atoms with Crippen molar-refractivity contribution in [2.45, 2.75) is 13.0 Å². The molecule has 0 aliphatic carbocycles. The molecular formula is C13H18BrCl2N3O. The molecule has 1 aromatic carbocycles. The average Bonchev–Trinajstić information content (AvgIpc) is 2.36. The Kier molecular flexibility index (Phi) is 7.26. The maximum Gasteiger partial charge on any atom is 0.238 e. The van der Waals surface area contributed by atoms with Crippen LogP contribution in [0.1, 0.15) is 6.92 Å². The van der Waals surface area contributed by atoms with Crippen LogP contribution in [0.3, 0.4) is 0 Å². The number of rotatable bonds is 3. The van der Waals surface area contributed by atoms with Gasteiger partial charge < -0.3 is 10.6 Å². The molecule has 1 saturated heterocycles. The lowest BCUT2D eigenvalue weighted by molar-refractivity contribution is -0.118. The number of piperazine rings is 1. The molecule has 1 heterocycles. The van der Waals surface area contributed by atoms with E-state index in [9.17, 15) is 4.79 Å². The van der Waals surface area contributed by atoms with Crippen LogP contribution in [-0.2, 0) is 4.79 Å². The van der Waals surface area contributed by atoms with Crippen LogP contribution in [0.5, 0.6) is 0 Å². The van der Waals surface area contributed by atoms with Crippen molar-refractivity contribution in [2.24, 2.45) is 0 Å². The molecular weight excluding hydrogens is 365 g/mol. The van der Waals surface area contributed by atoms with E-state index in [2.05, 4.69) is 38.4 Å². The molecule has 1 atom stereocenters. The van der Waals surface area contributed by atoms with Crippen LogP contribution in [-0.4, -0.2) is 43.0 Å². The molecule has 1 aromatic rings. The van der Waals surface area contributed by atoms with Crippen LogP contribution >= 0.6 is 39.9 Å². The van der Waals surface area contributed by atoms with E-state index in [1.165, 1.54) is 0 Å². The van der Waals surface area contributed by atoms with Gasteiger partial charge in [0.05, 0.1) is 17.3 Å². The number of carbonyl (C=O) groups is 1. The fraction of sp³-hybridized carbons (Fsp3) is 0.462. The first kappa shape index (κ1) is 17.7. The van der Waals surface area contributed by atoms with Crippen LogP contribution in [0.2, 0.25) is 5.02 Å². The highest BCUT2D eigenvalue weighted by Crippen LogP contribution is 2.25. The van der Waals surface area contributed by atoms with Crippen LogP contribution < -0.4 is 10.6 Å². The number of hydrogen-bond acceptors (Lipinski definition) is 3. The molecule has 4 nitrogen and oxygen atoms in total. The Morgan fingerprint density at radius 1 is 1.60 bits per heavy atom. The van der Waals surface area contributed by atoms with Gasteiger partial charge in [-0.05, 0) is 25.1 Å². The van der Waals surface area contributed by atoms with Crippen LogP contribution in [0.4, 0.5) is 5.69 Å². The number of amides is 1. The van der Waals surface area contributed by atoms with Crippen molar-refractivity contribution in [2.75, 3.05) is 31.5 Å². The summed E-state index contributed by atoms with van der Waals surface area (Å²) in [6.45, 7) is 5.26. The average molecular weight is 383 g/mol. The second-order valence-electron chi connectivity index (χ2n) is 4.70. The van der Waals surface area contributed by atoms with E-state index in [1.807, 2.05) is 6.07 Å². The van der Waals surface area contributed by atoms with Gasteiger partial charge in [0.15, 0.2) is 0 Å². The number of anilines is 1. The molecule has 1 fully saturated rings. The van der Waals surface area contributed by atoms with Gasteiger partial charge in [-0.2, -0.15) is 0 Å². The van der Waals surface area contributed by atoms with Gasteiger partial charge in [0, 0.05) is 30.1 Å². The maximum atomic E-state index is 12.0. The number of nitrogens with zero attached hydrogens (tertiary/aromatic N) is 1. The van der Waals surface area contributed by atoms with Gasteiger partial charge in [0.1, 0.15) is 0 Å². The van der Waals surface area contributed by atoms with Crippen molar-refractivity contribution in [1.82, 2.24) is 10.2 Å². The SMILES string of the molecule is C[C@H]1CNCCN1CC(=O)Nc1ccc(Br)cc1Cl.Cl. The summed E-state index contributed by atoms with van der Waals surface area (Å²) >= 11 is 9.41. The van der Waals surface area contributed by atoms with Gasteiger partial charge in [-0.25, -0.2) is 0 Å². The Hall–Kier alpha value is -0.330. The third kappa shape index (κ3) is 4.90. The topological polar surface area (TPSA) is 44.4 Å². The minimum Gasteiger partial charge on any atom is -0.324 e. The minimum absolute atomic E-state index is 0. The standard InChI is InChI=1S/C13H17BrClN3O.ClH/c1-9-7-16-4-5-18(9)8-13(19)17-12-3-2-10(14)6-11(12)15;/h2-3,6,9,16H,4-5,7-8H2,1H3,(H,17,19);1H/t9-;/m0./s1. The zero-order valence-electron chi connectivity index (χ0n) is 11.2. The Morgan fingerprint density at radius 2 is 2.35 bits per heavy atom. The molecule has 1 aliphatic heterocycles. The van der Waals surface area contributed by atoms with Crippen molar-refractivity contribution in [3.63, 3.8) is 0 Å². The zero-order valence-corrected chi connectivity index (χ0v) is 14.3. The summed E-state index contributed by atoms with van der Waals surface area (Å²) < 4.78 is 0.895. The number of hydrogen-bond donors (Lipinski definition) is 2. The van der Waals surface area contributed by atoms with E-state index in [0.29, 0.717) is 23.3 Å². The van der Waals surface area contributed by atoms with Crippen molar-refractivity contribution in [3.8, 4) is 0 Å². The van der Waals surface area contributed by atoms with Crippen molar-refractivity contribution in [1.29, 1.82) is 0 Å². The molecule has 0 unspecified atom stereocenters.